The number of hydrogen-bond acceptors (Lipinski definition) is 5. The molecule has 0 fully saturated rings. The first-order chi connectivity index (χ1) is 7.38. The molecule has 1 aromatic rings. The Balaban J connectivity index is 2.03. The van der Waals surface area contributed by atoms with Crippen molar-refractivity contribution in [3.63, 3.8) is 0 Å². The number of aliphatic imine (C=N–C) groups is 1. The zero-order chi connectivity index (χ0) is 10.5. The van der Waals surface area contributed by atoms with E-state index in [0.29, 0.717) is 6.04 Å². The van der Waals surface area contributed by atoms with Gasteiger partial charge in [0.05, 0.1) is 24.1 Å². The number of amidine groups is 1. The van der Waals surface area contributed by atoms with Crippen LogP contribution in [0.1, 0.15) is 19.8 Å². The molecule has 1 atom stereocenters. The molecule has 0 radical (unpaired) electrons. The third-order valence-electron chi connectivity index (χ3n) is 2.27. The van der Waals surface area contributed by atoms with E-state index in [2.05, 4.69) is 27.2 Å². The molecule has 5 heteroatoms. The van der Waals surface area contributed by atoms with E-state index in [1.807, 2.05) is 0 Å². The van der Waals surface area contributed by atoms with Crippen LogP contribution in [0.25, 0.3) is 0 Å². The summed E-state index contributed by atoms with van der Waals surface area (Å²) in [7, 11) is 0. The molecule has 2 heterocycles. The standard InChI is InChI=1S/C10H14N4S/c1-2-8-3-4-15-10(13-8)14-9-5-11-7-12-6-9/h5-8H,2-4H2,1H3,(H,13,14). The van der Waals surface area contributed by atoms with Gasteiger partial charge in [0.1, 0.15) is 6.33 Å². The lowest BCUT2D eigenvalue weighted by atomic mass is 10.2. The normalized spacial score (nSPS) is 20.9. The highest BCUT2D eigenvalue weighted by atomic mass is 32.2. The summed E-state index contributed by atoms with van der Waals surface area (Å²) in [5.74, 6) is 1.14. The summed E-state index contributed by atoms with van der Waals surface area (Å²) >= 11 is 1.76. The minimum Gasteiger partial charge on any atom is -0.332 e. The molecule has 15 heavy (non-hydrogen) atoms. The van der Waals surface area contributed by atoms with Gasteiger partial charge in [0.2, 0.25) is 0 Å². The summed E-state index contributed by atoms with van der Waals surface area (Å²) in [6, 6.07) is 0.471. The highest BCUT2D eigenvalue weighted by Crippen LogP contribution is 2.20. The third-order valence-corrected chi connectivity index (χ3v) is 3.19. The first kappa shape index (κ1) is 10.4. The zero-order valence-corrected chi connectivity index (χ0v) is 9.50. The smallest absolute Gasteiger partial charge is 0.161 e. The second-order valence-electron chi connectivity index (χ2n) is 3.39. The highest BCUT2D eigenvalue weighted by molar-refractivity contribution is 8.14. The van der Waals surface area contributed by atoms with Gasteiger partial charge in [-0.15, -0.1) is 0 Å². The lowest BCUT2D eigenvalue weighted by molar-refractivity contribution is 0.634. The predicted octanol–water partition coefficient (Wildman–Crippen LogP) is 2.16. The molecule has 1 aliphatic rings. The SMILES string of the molecule is CCC1CCSC(Nc2cncnc2)=N1. The Labute approximate surface area is 93.6 Å². The number of aromatic nitrogens is 2. The Morgan fingerprint density at radius 1 is 1.47 bits per heavy atom. The van der Waals surface area contributed by atoms with Crippen LogP contribution in [0.2, 0.25) is 0 Å². The van der Waals surface area contributed by atoms with Gasteiger partial charge in [-0.25, -0.2) is 9.97 Å². The van der Waals surface area contributed by atoms with E-state index in [1.165, 1.54) is 12.7 Å². The summed E-state index contributed by atoms with van der Waals surface area (Å²) in [4.78, 5) is 12.5. The quantitative estimate of drug-likeness (QED) is 0.833. The number of nitrogens with one attached hydrogen (secondary N) is 1. The van der Waals surface area contributed by atoms with Gasteiger partial charge >= 0.3 is 0 Å². The molecule has 0 bridgehead atoms. The first-order valence-corrected chi connectivity index (χ1v) is 6.09. The molecule has 2 rings (SSSR count). The first-order valence-electron chi connectivity index (χ1n) is 5.11. The fourth-order valence-corrected chi connectivity index (χ4v) is 2.41. The molecule has 0 saturated heterocycles. The lowest BCUT2D eigenvalue weighted by Crippen LogP contribution is -2.19. The van der Waals surface area contributed by atoms with Gasteiger partial charge in [-0.3, -0.25) is 4.99 Å². The number of hydrogen-bond donors (Lipinski definition) is 1. The van der Waals surface area contributed by atoms with Gasteiger partial charge in [0.15, 0.2) is 5.17 Å². The Kier molecular flexibility index (Phi) is 3.55. The van der Waals surface area contributed by atoms with Gasteiger partial charge in [0.25, 0.3) is 0 Å². The molecule has 0 spiro atoms. The molecule has 1 aliphatic heterocycles. The number of rotatable bonds is 2. The van der Waals surface area contributed by atoms with Crippen LogP contribution < -0.4 is 5.32 Å². The monoisotopic (exact) mass is 222 g/mol. The second kappa shape index (κ2) is 5.11. The van der Waals surface area contributed by atoms with E-state index in [4.69, 9.17) is 0 Å². The van der Waals surface area contributed by atoms with Gasteiger partial charge in [-0.05, 0) is 12.8 Å². The minimum absolute atomic E-state index is 0.471. The van der Waals surface area contributed by atoms with E-state index < -0.39 is 0 Å². The fourth-order valence-electron chi connectivity index (χ4n) is 1.41. The van der Waals surface area contributed by atoms with Crippen molar-refractivity contribution in [1.82, 2.24) is 9.97 Å². The molecule has 0 aromatic carbocycles. The van der Waals surface area contributed by atoms with Crippen LogP contribution in [0, 0.1) is 0 Å². The Morgan fingerprint density at radius 3 is 3.00 bits per heavy atom. The maximum absolute atomic E-state index is 4.61. The molecule has 0 aliphatic carbocycles. The molecular weight excluding hydrogens is 208 g/mol. The van der Waals surface area contributed by atoms with Crippen LogP contribution in [0.15, 0.2) is 23.7 Å². The van der Waals surface area contributed by atoms with Gasteiger partial charge in [0, 0.05) is 5.75 Å². The average Bonchev–Trinajstić information content (AvgIpc) is 2.31. The summed E-state index contributed by atoms with van der Waals surface area (Å²) in [6.45, 7) is 2.17. The summed E-state index contributed by atoms with van der Waals surface area (Å²) in [5, 5.41) is 4.22. The van der Waals surface area contributed by atoms with Crippen LogP contribution in [-0.4, -0.2) is 26.9 Å². The lowest BCUT2D eigenvalue weighted by Gasteiger charge is -2.19. The summed E-state index contributed by atoms with van der Waals surface area (Å²) < 4.78 is 0. The number of anilines is 1. The molecule has 0 saturated carbocycles. The van der Waals surface area contributed by atoms with Crippen molar-refractivity contribution >= 4 is 22.6 Å². The topological polar surface area (TPSA) is 50.2 Å². The zero-order valence-electron chi connectivity index (χ0n) is 8.68. The van der Waals surface area contributed by atoms with E-state index in [-0.39, 0.29) is 0 Å². The highest BCUT2D eigenvalue weighted by Gasteiger charge is 2.13. The molecule has 0 amide bonds. The third kappa shape index (κ3) is 2.92. The maximum Gasteiger partial charge on any atom is 0.161 e. The van der Waals surface area contributed by atoms with Crippen molar-refractivity contribution < 1.29 is 0 Å². The van der Waals surface area contributed by atoms with Gasteiger partial charge in [-0.1, -0.05) is 18.7 Å². The van der Waals surface area contributed by atoms with Crippen molar-refractivity contribution in [3.05, 3.63) is 18.7 Å². The van der Waals surface area contributed by atoms with Gasteiger partial charge in [-0.2, -0.15) is 0 Å². The van der Waals surface area contributed by atoms with Crippen LogP contribution in [0.3, 0.4) is 0 Å². The largest absolute Gasteiger partial charge is 0.332 e. The second-order valence-corrected chi connectivity index (χ2v) is 4.47. The van der Waals surface area contributed by atoms with Gasteiger partial charge < -0.3 is 5.32 Å². The van der Waals surface area contributed by atoms with Crippen LogP contribution in [-0.2, 0) is 0 Å². The average molecular weight is 222 g/mol. The molecule has 80 valence electrons. The van der Waals surface area contributed by atoms with Crippen molar-refractivity contribution in [3.8, 4) is 0 Å². The van der Waals surface area contributed by atoms with E-state index in [9.17, 15) is 0 Å². The predicted molar refractivity (Wildman–Crippen MR) is 64.2 cm³/mol. The van der Waals surface area contributed by atoms with E-state index in [0.717, 1.165) is 23.0 Å². The number of nitrogens with zero attached hydrogens (tertiary/aromatic N) is 3. The maximum atomic E-state index is 4.61. The Morgan fingerprint density at radius 2 is 2.27 bits per heavy atom. The molecule has 4 nitrogen and oxygen atoms in total. The van der Waals surface area contributed by atoms with Crippen molar-refractivity contribution in [2.75, 3.05) is 11.1 Å². The van der Waals surface area contributed by atoms with Crippen LogP contribution in [0.5, 0.6) is 0 Å². The van der Waals surface area contributed by atoms with Crippen molar-refractivity contribution in [2.45, 2.75) is 25.8 Å². The molecular formula is C10H14N4S. The van der Waals surface area contributed by atoms with Crippen molar-refractivity contribution in [2.24, 2.45) is 4.99 Å². The fraction of sp³-hybridized carbons (Fsp3) is 0.500. The minimum atomic E-state index is 0.471. The molecule has 1 N–H and O–H groups in total. The van der Waals surface area contributed by atoms with Crippen molar-refractivity contribution in [1.29, 1.82) is 0 Å². The van der Waals surface area contributed by atoms with Crippen LogP contribution in [0.4, 0.5) is 5.69 Å². The Bertz CT molecular complexity index is 339. The van der Waals surface area contributed by atoms with E-state index in [1.54, 1.807) is 24.2 Å². The summed E-state index contributed by atoms with van der Waals surface area (Å²) in [5.41, 5.74) is 0.903. The summed E-state index contributed by atoms with van der Waals surface area (Å²) in [6.07, 6.45) is 7.32. The van der Waals surface area contributed by atoms with E-state index >= 15 is 0 Å². The number of thioether (sulfide) groups is 1. The molecule has 1 aromatic heterocycles. The Hall–Kier alpha value is -1.10. The molecule has 1 unspecified atom stereocenters. The van der Waals surface area contributed by atoms with Crippen LogP contribution >= 0.6 is 11.8 Å².